The van der Waals surface area contributed by atoms with Crippen LogP contribution in [0.1, 0.15) is 46.6 Å². The van der Waals surface area contributed by atoms with Crippen molar-refractivity contribution < 1.29 is 9.59 Å². The van der Waals surface area contributed by atoms with Crippen LogP contribution in [0, 0.1) is 12.8 Å². The summed E-state index contributed by atoms with van der Waals surface area (Å²) in [5.74, 6) is 0.0783. The molecule has 0 bridgehead atoms. The fourth-order valence-corrected chi connectivity index (χ4v) is 6.20. The molecular formula is C24H32N4O2S. The van der Waals surface area contributed by atoms with Gasteiger partial charge in [0, 0.05) is 36.2 Å². The van der Waals surface area contributed by atoms with Gasteiger partial charge in [-0.1, -0.05) is 24.6 Å². The highest BCUT2D eigenvalue weighted by molar-refractivity contribution is 7.17. The summed E-state index contributed by atoms with van der Waals surface area (Å²) >= 11 is 1.52. The van der Waals surface area contributed by atoms with E-state index < -0.39 is 5.91 Å². The summed E-state index contributed by atoms with van der Waals surface area (Å²) in [6, 6.07) is 8.93. The average Bonchev–Trinajstić information content (AvgIpc) is 3.05. The smallest absolute Gasteiger partial charge is 0.251 e. The number of carbonyl (C=O) groups is 2. The highest BCUT2D eigenvalue weighted by Crippen LogP contribution is 2.39. The summed E-state index contributed by atoms with van der Waals surface area (Å²) in [7, 11) is 0. The molecule has 1 aromatic carbocycles. The van der Waals surface area contributed by atoms with E-state index in [0.717, 1.165) is 44.5 Å². The zero-order valence-corrected chi connectivity index (χ0v) is 19.4. The van der Waals surface area contributed by atoms with Gasteiger partial charge in [0.25, 0.3) is 5.91 Å². The lowest BCUT2D eigenvalue weighted by Crippen LogP contribution is -2.53. The van der Waals surface area contributed by atoms with Crippen molar-refractivity contribution in [2.75, 3.05) is 36.4 Å². The minimum atomic E-state index is -0.442. The molecule has 2 atom stereocenters. The Hall–Kier alpha value is -2.38. The van der Waals surface area contributed by atoms with Crippen LogP contribution in [0.4, 0.5) is 10.7 Å². The van der Waals surface area contributed by atoms with E-state index in [4.69, 9.17) is 5.73 Å². The summed E-state index contributed by atoms with van der Waals surface area (Å²) in [6.07, 6.45) is 2.87. The predicted molar refractivity (Wildman–Crippen MR) is 127 cm³/mol. The standard InChI is InChI=1S/C24H32N4O2S/c1-15-4-7-18(8-5-15)28-11-10-27(13-17(28)3)14-21(29)26-24-22(23(25)30)19-9-6-16(2)12-20(19)31-24/h4-5,7-8,16-17H,6,9-14H2,1-3H3,(H2,25,30)(H,26,29). The lowest BCUT2D eigenvalue weighted by molar-refractivity contribution is -0.117. The molecule has 0 saturated carbocycles. The van der Waals surface area contributed by atoms with E-state index in [9.17, 15) is 9.59 Å². The number of rotatable bonds is 5. The van der Waals surface area contributed by atoms with E-state index >= 15 is 0 Å². The first kappa shape index (κ1) is 21.8. The molecule has 1 fully saturated rings. The third-order valence-electron chi connectivity index (χ3n) is 6.46. The largest absolute Gasteiger partial charge is 0.366 e. The highest BCUT2D eigenvalue weighted by atomic mass is 32.1. The van der Waals surface area contributed by atoms with Gasteiger partial charge in [0.1, 0.15) is 5.00 Å². The summed E-state index contributed by atoms with van der Waals surface area (Å²) in [5, 5.41) is 3.63. The number of fused-ring (bicyclic) bond motifs is 1. The molecule has 166 valence electrons. The first-order valence-electron chi connectivity index (χ1n) is 11.1. The molecule has 0 radical (unpaired) electrons. The van der Waals surface area contributed by atoms with Gasteiger partial charge in [0.2, 0.25) is 5.91 Å². The van der Waals surface area contributed by atoms with E-state index in [0.29, 0.717) is 29.1 Å². The number of nitrogens with zero attached hydrogens (tertiary/aromatic N) is 2. The summed E-state index contributed by atoms with van der Waals surface area (Å²) in [4.78, 5) is 30.7. The van der Waals surface area contributed by atoms with E-state index in [2.05, 4.69) is 60.2 Å². The van der Waals surface area contributed by atoms with Crippen molar-refractivity contribution in [2.24, 2.45) is 11.7 Å². The number of amides is 2. The summed E-state index contributed by atoms with van der Waals surface area (Å²) in [5.41, 5.74) is 9.73. The second-order valence-electron chi connectivity index (χ2n) is 9.08. The van der Waals surface area contributed by atoms with Gasteiger partial charge in [0.15, 0.2) is 0 Å². The molecule has 2 aliphatic rings. The van der Waals surface area contributed by atoms with Crippen LogP contribution in [0.5, 0.6) is 0 Å². The Balaban J connectivity index is 1.39. The number of benzene rings is 1. The second kappa shape index (κ2) is 9.01. The summed E-state index contributed by atoms with van der Waals surface area (Å²) < 4.78 is 0. The molecule has 4 rings (SSSR count). The van der Waals surface area contributed by atoms with E-state index in [1.165, 1.54) is 27.5 Å². The number of primary amides is 1. The molecule has 2 heterocycles. The topological polar surface area (TPSA) is 78.7 Å². The van der Waals surface area contributed by atoms with Gasteiger partial charge in [-0.05, 0) is 56.7 Å². The molecule has 6 nitrogen and oxygen atoms in total. The Morgan fingerprint density at radius 2 is 1.94 bits per heavy atom. The fraction of sp³-hybridized carbons (Fsp3) is 0.500. The number of nitrogens with two attached hydrogens (primary N) is 1. The van der Waals surface area contributed by atoms with Crippen LogP contribution in [0.25, 0.3) is 0 Å². The van der Waals surface area contributed by atoms with Crippen molar-refractivity contribution >= 4 is 33.8 Å². The maximum atomic E-state index is 12.8. The van der Waals surface area contributed by atoms with Gasteiger partial charge in [-0.2, -0.15) is 0 Å². The molecule has 0 spiro atoms. The van der Waals surface area contributed by atoms with Crippen molar-refractivity contribution in [3.63, 3.8) is 0 Å². The lowest BCUT2D eigenvalue weighted by Gasteiger charge is -2.41. The minimum Gasteiger partial charge on any atom is -0.366 e. The number of thiophene rings is 1. The zero-order valence-electron chi connectivity index (χ0n) is 18.6. The first-order chi connectivity index (χ1) is 14.8. The quantitative estimate of drug-likeness (QED) is 0.747. The molecule has 1 aliphatic heterocycles. The van der Waals surface area contributed by atoms with Gasteiger partial charge < -0.3 is 16.0 Å². The van der Waals surface area contributed by atoms with Crippen LogP contribution in [-0.4, -0.2) is 48.9 Å². The Labute approximate surface area is 188 Å². The second-order valence-corrected chi connectivity index (χ2v) is 10.2. The van der Waals surface area contributed by atoms with Crippen LogP contribution in [0.2, 0.25) is 0 Å². The molecule has 2 amide bonds. The third-order valence-corrected chi connectivity index (χ3v) is 7.63. The van der Waals surface area contributed by atoms with E-state index in [1.54, 1.807) is 0 Å². The normalized spacial score (nSPS) is 21.6. The zero-order chi connectivity index (χ0) is 22.1. The van der Waals surface area contributed by atoms with Crippen molar-refractivity contribution in [1.29, 1.82) is 0 Å². The monoisotopic (exact) mass is 440 g/mol. The van der Waals surface area contributed by atoms with Crippen LogP contribution in [0.3, 0.4) is 0 Å². The van der Waals surface area contributed by atoms with Crippen molar-refractivity contribution in [2.45, 2.75) is 46.1 Å². The Morgan fingerprint density at radius 3 is 2.61 bits per heavy atom. The number of piperazine rings is 1. The van der Waals surface area contributed by atoms with Gasteiger partial charge >= 0.3 is 0 Å². The number of hydrogen-bond donors (Lipinski definition) is 2. The maximum Gasteiger partial charge on any atom is 0.251 e. The third kappa shape index (κ3) is 4.77. The summed E-state index contributed by atoms with van der Waals surface area (Å²) in [6.45, 7) is 9.37. The van der Waals surface area contributed by atoms with E-state index in [-0.39, 0.29) is 5.91 Å². The van der Waals surface area contributed by atoms with E-state index in [1.807, 2.05) is 0 Å². The van der Waals surface area contributed by atoms with Crippen LogP contribution in [-0.2, 0) is 17.6 Å². The first-order valence-corrected chi connectivity index (χ1v) is 11.9. The SMILES string of the molecule is Cc1ccc(N2CCN(CC(=O)Nc3sc4c(c3C(N)=O)CCC(C)C4)CC2C)cc1. The molecule has 2 aromatic rings. The molecule has 1 saturated heterocycles. The van der Waals surface area contributed by atoms with Gasteiger partial charge in [-0.3, -0.25) is 14.5 Å². The molecule has 2 unspecified atom stereocenters. The highest BCUT2D eigenvalue weighted by Gasteiger charge is 2.29. The lowest BCUT2D eigenvalue weighted by atomic mass is 9.88. The average molecular weight is 441 g/mol. The maximum absolute atomic E-state index is 12.8. The van der Waals surface area contributed by atoms with Crippen LogP contribution >= 0.6 is 11.3 Å². The predicted octanol–water partition coefficient (Wildman–Crippen LogP) is 3.43. The van der Waals surface area contributed by atoms with Crippen LogP contribution in [0.15, 0.2) is 24.3 Å². The molecule has 7 heteroatoms. The minimum absolute atomic E-state index is 0.0786. The Bertz CT molecular complexity index is 969. The molecule has 1 aliphatic carbocycles. The van der Waals surface area contributed by atoms with Crippen LogP contribution < -0.4 is 16.0 Å². The van der Waals surface area contributed by atoms with Gasteiger partial charge in [0.05, 0.1) is 12.1 Å². The Kier molecular flexibility index (Phi) is 6.34. The van der Waals surface area contributed by atoms with Crippen molar-refractivity contribution in [3.05, 3.63) is 45.8 Å². The fourth-order valence-electron chi connectivity index (χ4n) is 4.77. The number of hydrogen-bond acceptors (Lipinski definition) is 5. The van der Waals surface area contributed by atoms with Gasteiger partial charge in [-0.15, -0.1) is 11.3 Å². The molecule has 1 aromatic heterocycles. The number of carbonyl (C=O) groups excluding carboxylic acids is 2. The van der Waals surface area contributed by atoms with Gasteiger partial charge in [-0.25, -0.2) is 0 Å². The number of aryl methyl sites for hydroxylation is 1. The molecule has 31 heavy (non-hydrogen) atoms. The number of nitrogens with one attached hydrogen (secondary N) is 1. The van der Waals surface area contributed by atoms with Crippen molar-refractivity contribution in [1.82, 2.24) is 4.90 Å². The number of anilines is 2. The van der Waals surface area contributed by atoms with Crippen molar-refractivity contribution in [3.8, 4) is 0 Å². The molecular weight excluding hydrogens is 408 g/mol. The molecule has 3 N–H and O–H groups in total. The Morgan fingerprint density at radius 1 is 1.19 bits per heavy atom.